The van der Waals surface area contributed by atoms with E-state index in [2.05, 4.69) is 15.3 Å². The van der Waals surface area contributed by atoms with Crippen molar-refractivity contribution in [3.05, 3.63) is 54.1 Å². The van der Waals surface area contributed by atoms with Gasteiger partial charge in [-0.05, 0) is 19.1 Å². The second kappa shape index (κ2) is 5.81. The van der Waals surface area contributed by atoms with Gasteiger partial charge in [0.15, 0.2) is 0 Å². The van der Waals surface area contributed by atoms with Crippen LogP contribution in [0.3, 0.4) is 0 Å². The molecule has 22 heavy (non-hydrogen) atoms. The van der Waals surface area contributed by atoms with Crippen LogP contribution in [0.1, 0.15) is 5.56 Å². The van der Waals surface area contributed by atoms with Crippen LogP contribution >= 0.6 is 0 Å². The first-order valence-electron chi connectivity index (χ1n) is 6.91. The lowest BCUT2D eigenvalue weighted by molar-refractivity contribution is -0.302. The van der Waals surface area contributed by atoms with Gasteiger partial charge < -0.3 is 15.2 Å². The Morgan fingerprint density at radius 2 is 1.91 bits per heavy atom. The summed E-state index contributed by atoms with van der Waals surface area (Å²) in [5.74, 6) is -0.923. The molecule has 0 fully saturated rings. The van der Waals surface area contributed by atoms with E-state index in [1.807, 2.05) is 55.5 Å². The monoisotopic (exact) mass is 292 g/mol. The summed E-state index contributed by atoms with van der Waals surface area (Å²) in [6.45, 7) is 1.68. The molecule has 1 aromatic heterocycles. The molecule has 0 amide bonds. The van der Waals surface area contributed by atoms with Gasteiger partial charge >= 0.3 is 0 Å². The van der Waals surface area contributed by atoms with Crippen molar-refractivity contribution >= 4 is 22.8 Å². The summed E-state index contributed by atoms with van der Waals surface area (Å²) in [5.41, 5.74) is 3.61. The second-order valence-electron chi connectivity index (χ2n) is 5.01. The summed E-state index contributed by atoms with van der Waals surface area (Å²) in [7, 11) is 0. The largest absolute Gasteiger partial charge is 0.548 e. The van der Waals surface area contributed by atoms with Crippen molar-refractivity contribution in [2.24, 2.45) is 0 Å². The van der Waals surface area contributed by atoms with Gasteiger partial charge in [-0.1, -0.05) is 42.0 Å². The Hall–Kier alpha value is -2.95. The van der Waals surface area contributed by atoms with Crippen LogP contribution in [0.2, 0.25) is 0 Å². The number of nitrogens with one attached hydrogen (secondary N) is 1. The first-order valence-corrected chi connectivity index (χ1v) is 6.91. The van der Waals surface area contributed by atoms with E-state index >= 15 is 0 Å². The van der Waals surface area contributed by atoms with E-state index in [1.165, 1.54) is 0 Å². The molecule has 0 aliphatic rings. The molecule has 3 rings (SSSR count). The Balaban J connectivity index is 2.17. The quantitative estimate of drug-likeness (QED) is 0.793. The number of aliphatic carboxylic acids is 1. The van der Waals surface area contributed by atoms with Gasteiger partial charge in [-0.3, -0.25) is 0 Å². The number of aryl methyl sites for hydroxylation is 1. The molecule has 0 aliphatic carbocycles. The predicted octanol–water partition coefficient (Wildman–Crippen LogP) is 1.77. The van der Waals surface area contributed by atoms with Crippen LogP contribution in [0.5, 0.6) is 0 Å². The highest BCUT2D eigenvalue weighted by atomic mass is 16.4. The van der Waals surface area contributed by atoms with Crippen LogP contribution in [0.25, 0.3) is 22.2 Å². The molecule has 0 unspecified atom stereocenters. The van der Waals surface area contributed by atoms with E-state index in [0.29, 0.717) is 0 Å². The van der Waals surface area contributed by atoms with Gasteiger partial charge in [0.25, 0.3) is 0 Å². The number of benzene rings is 2. The molecule has 5 nitrogen and oxygen atoms in total. The Morgan fingerprint density at radius 1 is 1.14 bits per heavy atom. The number of hydrogen-bond acceptors (Lipinski definition) is 5. The number of carboxylic acids is 1. The third-order valence-electron chi connectivity index (χ3n) is 3.29. The Bertz CT molecular complexity index is 832. The summed E-state index contributed by atoms with van der Waals surface area (Å²) in [6.07, 6.45) is 0. The Morgan fingerprint density at radius 3 is 2.64 bits per heavy atom. The highest BCUT2D eigenvalue weighted by Crippen LogP contribution is 2.27. The average molecular weight is 292 g/mol. The van der Waals surface area contributed by atoms with Crippen LogP contribution in [0.4, 0.5) is 5.95 Å². The molecule has 1 N–H and O–H groups in total. The number of carbonyl (C=O) groups excluding carboxylic acids is 1. The third-order valence-corrected chi connectivity index (χ3v) is 3.29. The van der Waals surface area contributed by atoms with Crippen molar-refractivity contribution in [1.82, 2.24) is 9.97 Å². The van der Waals surface area contributed by atoms with Crippen LogP contribution in [0, 0.1) is 6.92 Å². The molecule has 0 saturated carbocycles. The summed E-state index contributed by atoms with van der Waals surface area (Å²) in [6, 6.07) is 15.6. The molecule has 0 atom stereocenters. The standard InChI is InChI=1S/C17H15N3O2/c1-11-7-8-14-13(9-11)16(12-5-3-2-4-6-12)20-17(19-14)18-10-15(21)22/h2-9H,10H2,1H3,(H,21,22)(H,18,19,20)/p-1. The number of anilines is 1. The molecule has 0 radical (unpaired) electrons. The molecule has 0 saturated heterocycles. The van der Waals surface area contributed by atoms with Gasteiger partial charge in [-0.25, -0.2) is 9.97 Å². The number of carboxylic acid groups (broad SMARTS) is 1. The molecule has 3 aromatic rings. The molecule has 0 bridgehead atoms. The molecule has 0 aliphatic heterocycles. The maximum absolute atomic E-state index is 10.6. The van der Waals surface area contributed by atoms with Crippen molar-refractivity contribution in [2.45, 2.75) is 6.92 Å². The number of carbonyl (C=O) groups is 1. The average Bonchev–Trinajstić information content (AvgIpc) is 2.53. The maximum atomic E-state index is 10.6. The molecule has 5 heteroatoms. The SMILES string of the molecule is Cc1ccc2nc(NCC(=O)[O-])nc(-c3ccccc3)c2c1. The number of fused-ring (bicyclic) bond motifs is 1. The zero-order valence-electron chi connectivity index (χ0n) is 12.0. The van der Waals surface area contributed by atoms with Gasteiger partial charge in [0, 0.05) is 10.9 Å². The maximum Gasteiger partial charge on any atom is 0.224 e. The topological polar surface area (TPSA) is 77.9 Å². The molecule has 2 aromatic carbocycles. The van der Waals surface area contributed by atoms with Gasteiger partial charge in [0.2, 0.25) is 5.95 Å². The van der Waals surface area contributed by atoms with Crippen molar-refractivity contribution in [3.8, 4) is 11.3 Å². The van der Waals surface area contributed by atoms with Crippen molar-refractivity contribution in [3.63, 3.8) is 0 Å². The molecule has 110 valence electrons. The van der Waals surface area contributed by atoms with E-state index in [1.54, 1.807) is 0 Å². The fourth-order valence-electron chi connectivity index (χ4n) is 2.29. The van der Waals surface area contributed by atoms with Crippen LogP contribution in [0.15, 0.2) is 48.5 Å². The highest BCUT2D eigenvalue weighted by molar-refractivity contribution is 5.93. The van der Waals surface area contributed by atoms with E-state index in [-0.39, 0.29) is 12.5 Å². The highest BCUT2D eigenvalue weighted by Gasteiger charge is 2.09. The minimum absolute atomic E-state index is 0.277. The van der Waals surface area contributed by atoms with Gasteiger partial charge in [0.1, 0.15) is 0 Å². The van der Waals surface area contributed by atoms with E-state index in [4.69, 9.17) is 0 Å². The summed E-state index contributed by atoms with van der Waals surface area (Å²) >= 11 is 0. The number of nitrogens with zero attached hydrogens (tertiary/aromatic N) is 2. The van der Waals surface area contributed by atoms with Crippen LogP contribution < -0.4 is 10.4 Å². The molecule has 1 heterocycles. The summed E-state index contributed by atoms with van der Waals surface area (Å²) < 4.78 is 0. The van der Waals surface area contributed by atoms with Crippen molar-refractivity contribution < 1.29 is 9.90 Å². The lowest BCUT2D eigenvalue weighted by Gasteiger charge is -2.11. The summed E-state index contributed by atoms with van der Waals surface area (Å²) in [5, 5.41) is 14.2. The third kappa shape index (κ3) is 2.88. The number of hydrogen-bond donors (Lipinski definition) is 1. The minimum atomic E-state index is -1.20. The van der Waals surface area contributed by atoms with Gasteiger partial charge in [-0.15, -0.1) is 0 Å². The smallest absolute Gasteiger partial charge is 0.224 e. The van der Waals surface area contributed by atoms with E-state index in [0.717, 1.165) is 27.7 Å². The predicted molar refractivity (Wildman–Crippen MR) is 83.2 cm³/mol. The second-order valence-corrected chi connectivity index (χ2v) is 5.01. The van der Waals surface area contributed by atoms with Gasteiger partial charge in [-0.2, -0.15) is 0 Å². The molecular weight excluding hydrogens is 278 g/mol. The first kappa shape index (κ1) is 14.0. The normalized spacial score (nSPS) is 10.6. The van der Waals surface area contributed by atoms with Crippen LogP contribution in [-0.2, 0) is 4.79 Å². The van der Waals surface area contributed by atoms with Crippen molar-refractivity contribution in [2.75, 3.05) is 11.9 Å². The molecule has 0 spiro atoms. The van der Waals surface area contributed by atoms with Crippen LogP contribution in [-0.4, -0.2) is 22.5 Å². The molecular formula is C17H14N3O2-. The lowest BCUT2D eigenvalue weighted by Crippen LogP contribution is -2.30. The zero-order valence-corrected chi connectivity index (χ0v) is 12.0. The van der Waals surface area contributed by atoms with E-state index in [9.17, 15) is 9.90 Å². The Labute approximate surface area is 127 Å². The zero-order chi connectivity index (χ0) is 15.5. The fraction of sp³-hybridized carbons (Fsp3) is 0.118. The number of rotatable bonds is 4. The minimum Gasteiger partial charge on any atom is -0.548 e. The van der Waals surface area contributed by atoms with Gasteiger partial charge in [0.05, 0.1) is 23.7 Å². The fourth-order valence-corrected chi connectivity index (χ4v) is 2.29. The van der Waals surface area contributed by atoms with E-state index < -0.39 is 5.97 Å². The Kier molecular flexibility index (Phi) is 3.70. The lowest BCUT2D eigenvalue weighted by atomic mass is 10.0. The first-order chi connectivity index (χ1) is 10.6. The number of aromatic nitrogens is 2. The summed E-state index contributed by atoms with van der Waals surface area (Å²) in [4.78, 5) is 19.4. The van der Waals surface area contributed by atoms with Crippen molar-refractivity contribution in [1.29, 1.82) is 0 Å².